The van der Waals surface area contributed by atoms with E-state index >= 15 is 0 Å². The third-order valence-electron chi connectivity index (χ3n) is 5.31. The highest BCUT2D eigenvalue weighted by molar-refractivity contribution is 5.97. The van der Waals surface area contributed by atoms with Crippen molar-refractivity contribution in [3.05, 3.63) is 28.8 Å². The Balaban J connectivity index is 1.73. The Labute approximate surface area is 142 Å². The first-order valence-electron chi connectivity index (χ1n) is 8.91. The molecule has 1 aliphatic heterocycles. The van der Waals surface area contributed by atoms with Crippen LogP contribution in [0.4, 0.5) is 0 Å². The van der Waals surface area contributed by atoms with Gasteiger partial charge in [0.15, 0.2) is 0 Å². The number of rotatable bonds is 4. The lowest BCUT2D eigenvalue weighted by atomic mass is 9.88. The minimum atomic E-state index is -0.786. The fourth-order valence-corrected chi connectivity index (χ4v) is 3.96. The second-order valence-corrected chi connectivity index (χ2v) is 7.00. The van der Waals surface area contributed by atoms with Crippen LogP contribution in [0.2, 0.25) is 0 Å². The van der Waals surface area contributed by atoms with Crippen LogP contribution in [0.15, 0.2) is 12.1 Å². The minimum absolute atomic E-state index is 0.124. The third-order valence-corrected chi connectivity index (χ3v) is 5.31. The van der Waals surface area contributed by atoms with Gasteiger partial charge in [0, 0.05) is 19.5 Å². The maximum Gasteiger partial charge on any atom is 0.303 e. The van der Waals surface area contributed by atoms with Gasteiger partial charge in [-0.3, -0.25) is 9.59 Å². The summed E-state index contributed by atoms with van der Waals surface area (Å²) >= 11 is 0. The molecule has 2 aliphatic rings. The van der Waals surface area contributed by atoms with Crippen LogP contribution in [0.25, 0.3) is 0 Å². The Morgan fingerprint density at radius 1 is 1.17 bits per heavy atom. The van der Waals surface area contributed by atoms with E-state index in [4.69, 9.17) is 5.11 Å². The maximum absolute atomic E-state index is 12.8. The van der Waals surface area contributed by atoms with Crippen molar-refractivity contribution in [1.29, 1.82) is 0 Å². The van der Waals surface area contributed by atoms with Gasteiger partial charge in [-0.1, -0.05) is 6.07 Å². The van der Waals surface area contributed by atoms with Crippen molar-refractivity contribution in [2.45, 2.75) is 51.4 Å². The molecule has 5 heteroatoms. The summed E-state index contributed by atoms with van der Waals surface area (Å²) in [6.07, 6.45) is 6.61. The van der Waals surface area contributed by atoms with Crippen molar-refractivity contribution >= 4 is 11.9 Å². The second kappa shape index (κ2) is 7.24. The molecule has 1 fully saturated rings. The smallest absolute Gasteiger partial charge is 0.303 e. The standard InChI is InChI=1S/C19H25NO4/c21-17(22)10-7-13-4-3-11-20(12-13)19(24)16-9-8-14-5-1-2-6-15(14)18(16)23/h8-9,13,23H,1-7,10-12H2,(H,21,22). The summed E-state index contributed by atoms with van der Waals surface area (Å²) in [6.45, 7) is 1.27. The van der Waals surface area contributed by atoms with Crippen molar-refractivity contribution in [3.8, 4) is 5.75 Å². The van der Waals surface area contributed by atoms with E-state index in [1.807, 2.05) is 6.07 Å². The van der Waals surface area contributed by atoms with Crippen molar-refractivity contribution in [2.75, 3.05) is 13.1 Å². The molecular formula is C19H25NO4. The molecule has 1 aromatic carbocycles. The lowest BCUT2D eigenvalue weighted by molar-refractivity contribution is -0.137. The molecule has 0 aromatic heterocycles. The van der Waals surface area contributed by atoms with Crippen LogP contribution in [0.3, 0.4) is 0 Å². The molecular weight excluding hydrogens is 306 g/mol. The van der Waals surface area contributed by atoms with E-state index in [1.54, 1.807) is 11.0 Å². The number of hydrogen-bond acceptors (Lipinski definition) is 3. The van der Waals surface area contributed by atoms with Gasteiger partial charge in [0.2, 0.25) is 0 Å². The Bertz CT molecular complexity index is 640. The zero-order valence-electron chi connectivity index (χ0n) is 14.0. The molecule has 1 aromatic rings. The molecule has 24 heavy (non-hydrogen) atoms. The van der Waals surface area contributed by atoms with Crippen LogP contribution in [-0.2, 0) is 17.6 Å². The van der Waals surface area contributed by atoms with Crippen molar-refractivity contribution < 1.29 is 19.8 Å². The number of phenols is 1. The van der Waals surface area contributed by atoms with Gasteiger partial charge in [0.1, 0.15) is 5.75 Å². The number of nitrogens with zero attached hydrogens (tertiary/aromatic N) is 1. The molecule has 0 bridgehead atoms. The average molecular weight is 331 g/mol. The van der Waals surface area contributed by atoms with E-state index in [9.17, 15) is 14.7 Å². The molecule has 5 nitrogen and oxygen atoms in total. The zero-order valence-corrected chi connectivity index (χ0v) is 14.0. The van der Waals surface area contributed by atoms with E-state index in [1.165, 1.54) is 0 Å². The van der Waals surface area contributed by atoms with Crippen LogP contribution >= 0.6 is 0 Å². The number of aromatic hydroxyl groups is 1. The molecule has 1 aliphatic carbocycles. The van der Waals surface area contributed by atoms with Crippen molar-refractivity contribution in [1.82, 2.24) is 4.90 Å². The average Bonchev–Trinajstić information content (AvgIpc) is 2.60. The van der Waals surface area contributed by atoms with Crippen LogP contribution in [0, 0.1) is 5.92 Å². The highest BCUT2D eigenvalue weighted by Gasteiger charge is 2.28. The number of carbonyl (C=O) groups is 2. The largest absolute Gasteiger partial charge is 0.507 e. The molecule has 1 saturated heterocycles. The number of amides is 1. The molecule has 1 heterocycles. The van der Waals surface area contributed by atoms with E-state index in [-0.39, 0.29) is 24.0 Å². The van der Waals surface area contributed by atoms with Gasteiger partial charge in [-0.25, -0.2) is 0 Å². The van der Waals surface area contributed by atoms with Crippen LogP contribution in [0.5, 0.6) is 5.75 Å². The van der Waals surface area contributed by atoms with E-state index < -0.39 is 5.97 Å². The number of phenolic OH excluding ortho intramolecular Hbond substituents is 1. The first-order chi connectivity index (χ1) is 11.6. The second-order valence-electron chi connectivity index (χ2n) is 7.00. The molecule has 0 saturated carbocycles. The quantitative estimate of drug-likeness (QED) is 0.889. The number of fused-ring (bicyclic) bond motifs is 1. The van der Waals surface area contributed by atoms with Gasteiger partial charge in [-0.2, -0.15) is 0 Å². The summed E-state index contributed by atoms with van der Waals surface area (Å²) < 4.78 is 0. The number of piperidine rings is 1. The van der Waals surface area contributed by atoms with Crippen LogP contribution < -0.4 is 0 Å². The lowest BCUT2D eigenvalue weighted by Crippen LogP contribution is -2.40. The van der Waals surface area contributed by atoms with Gasteiger partial charge in [0.05, 0.1) is 5.56 Å². The summed E-state index contributed by atoms with van der Waals surface area (Å²) in [5, 5.41) is 19.4. The third kappa shape index (κ3) is 3.55. The highest BCUT2D eigenvalue weighted by atomic mass is 16.4. The summed E-state index contributed by atoms with van der Waals surface area (Å²) in [5.41, 5.74) is 2.49. The first-order valence-corrected chi connectivity index (χ1v) is 8.91. The number of carboxylic acids is 1. The Morgan fingerprint density at radius 2 is 1.96 bits per heavy atom. The van der Waals surface area contributed by atoms with E-state index in [0.717, 1.165) is 49.7 Å². The summed E-state index contributed by atoms with van der Waals surface area (Å²) in [4.78, 5) is 25.4. The number of carboxylic acid groups (broad SMARTS) is 1. The molecule has 0 radical (unpaired) electrons. The van der Waals surface area contributed by atoms with Gasteiger partial charge in [0.25, 0.3) is 5.91 Å². The zero-order chi connectivity index (χ0) is 17.1. The molecule has 0 spiro atoms. The summed E-state index contributed by atoms with van der Waals surface area (Å²) in [5.74, 6) is -0.518. The van der Waals surface area contributed by atoms with E-state index in [2.05, 4.69) is 0 Å². The van der Waals surface area contributed by atoms with Crippen molar-refractivity contribution in [2.24, 2.45) is 5.92 Å². The Morgan fingerprint density at radius 3 is 2.75 bits per heavy atom. The highest BCUT2D eigenvalue weighted by Crippen LogP contribution is 2.33. The van der Waals surface area contributed by atoms with Gasteiger partial charge in [-0.15, -0.1) is 0 Å². The predicted octanol–water partition coefficient (Wildman–Crippen LogP) is 2.99. The van der Waals surface area contributed by atoms with E-state index in [0.29, 0.717) is 25.1 Å². The summed E-state index contributed by atoms with van der Waals surface area (Å²) in [7, 11) is 0. The molecule has 2 N–H and O–H groups in total. The number of hydrogen-bond donors (Lipinski definition) is 2. The number of aliphatic carboxylic acids is 1. The Kier molecular flexibility index (Phi) is 5.07. The van der Waals surface area contributed by atoms with Gasteiger partial charge < -0.3 is 15.1 Å². The van der Waals surface area contributed by atoms with Crippen molar-refractivity contribution in [3.63, 3.8) is 0 Å². The fourth-order valence-electron chi connectivity index (χ4n) is 3.96. The minimum Gasteiger partial charge on any atom is -0.507 e. The van der Waals surface area contributed by atoms with Gasteiger partial charge >= 0.3 is 5.97 Å². The number of likely N-dealkylation sites (tertiary alicyclic amines) is 1. The SMILES string of the molecule is O=C(O)CCC1CCCN(C(=O)c2ccc3c(c2O)CCCC3)C1. The fraction of sp³-hybridized carbons (Fsp3) is 0.579. The molecule has 1 atom stereocenters. The number of carbonyl (C=O) groups excluding carboxylic acids is 1. The van der Waals surface area contributed by atoms with Crippen LogP contribution in [-0.4, -0.2) is 40.1 Å². The summed E-state index contributed by atoms with van der Waals surface area (Å²) in [6, 6.07) is 3.73. The Hall–Kier alpha value is -2.04. The monoisotopic (exact) mass is 331 g/mol. The lowest BCUT2D eigenvalue weighted by Gasteiger charge is -2.33. The molecule has 1 unspecified atom stereocenters. The molecule has 3 rings (SSSR count). The number of benzene rings is 1. The van der Waals surface area contributed by atoms with Gasteiger partial charge in [-0.05, 0) is 68.1 Å². The molecule has 130 valence electrons. The normalized spacial score (nSPS) is 20.5. The van der Waals surface area contributed by atoms with Crippen LogP contribution in [0.1, 0.15) is 60.0 Å². The topological polar surface area (TPSA) is 77.8 Å². The predicted molar refractivity (Wildman–Crippen MR) is 90.2 cm³/mol. The molecule has 1 amide bonds. The number of aryl methyl sites for hydroxylation is 1. The first kappa shape index (κ1) is 16.8. The maximum atomic E-state index is 12.8.